The van der Waals surface area contributed by atoms with Crippen LogP contribution in [0.15, 0.2) is 12.7 Å². The Balaban J connectivity index is 2.12. The van der Waals surface area contributed by atoms with E-state index in [0.29, 0.717) is 19.3 Å². The van der Waals surface area contributed by atoms with Crippen LogP contribution in [0.5, 0.6) is 0 Å². The Bertz CT molecular complexity index is 526. The molecule has 0 radical (unpaired) electrons. The first kappa shape index (κ1) is 20.6. The van der Waals surface area contributed by atoms with Crippen LogP contribution in [0, 0.1) is 11.3 Å². The molecule has 0 spiro atoms. The highest BCUT2D eigenvalue weighted by Crippen LogP contribution is 2.61. The Hall–Kier alpha value is -0.750. The minimum Gasteiger partial charge on any atom is -0.386 e. The number of fused-ring (bicyclic) bond motifs is 2. The summed E-state index contributed by atoms with van der Waals surface area (Å²) in [5.74, 6) is 0.164. The van der Waals surface area contributed by atoms with Crippen molar-refractivity contribution in [1.29, 1.82) is 0 Å². The number of hydrogen-bond acceptors (Lipinski definition) is 5. The van der Waals surface area contributed by atoms with Crippen LogP contribution in [-0.4, -0.2) is 39.1 Å². The lowest BCUT2D eigenvalue weighted by Gasteiger charge is -2.43. The third-order valence-corrected chi connectivity index (χ3v) is 6.75. The van der Waals surface area contributed by atoms with E-state index in [1.165, 1.54) is 0 Å². The molecule has 5 heteroatoms. The Kier molecular flexibility index (Phi) is 5.56. The Morgan fingerprint density at radius 1 is 1.40 bits per heavy atom. The van der Waals surface area contributed by atoms with Crippen molar-refractivity contribution in [3.8, 4) is 0 Å². The Morgan fingerprint density at radius 3 is 2.60 bits per heavy atom. The van der Waals surface area contributed by atoms with Crippen LogP contribution in [0.1, 0.15) is 73.1 Å². The Labute approximate surface area is 151 Å². The number of carbonyl (C=O) groups excluding carboxylic acids is 1. The molecule has 0 amide bonds. The van der Waals surface area contributed by atoms with Gasteiger partial charge >= 0.3 is 0 Å². The fraction of sp³-hybridized carbons (Fsp3) is 0.850. The maximum Gasteiger partial charge on any atom is 0.167 e. The molecule has 0 aliphatic carbocycles. The lowest BCUT2D eigenvalue weighted by atomic mass is 9.59. The number of rotatable bonds is 9. The van der Waals surface area contributed by atoms with Gasteiger partial charge in [-0.2, -0.15) is 0 Å². The van der Waals surface area contributed by atoms with Gasteiger partial charge in [-0.25, -0.2) is 4.89 Å². The first-order chi connectivity index (χ1) is 11.4. The monoisotopic (exact) mass is 354 g/mol. The molecule has 0 aromatic heterocycles. The van der Waals surface area contributed by atoms with Crippen molar-refractivity contribution in [2.75, 3.05) is 0 Å². The van der Waals surface area contributed by atoms with Gasteiger partial charge in [-0.1, -0.05) is 13.0 Å². The van der Waals surface area contributed by atoms with Gasteiger partial charge in [0.05, 0.1) is 17.3 Å². The fourth-order valence-corrected chi connectivity index (χ4v) is 4.75. The van der Waals surface area contributed by atoms with E-state index in [0.717, 1.165) is 19.3 Å². The molecule has 25 heavy (non-hydrogen) atoms. The van der Waals surface area contributed by atoms with Gasteiger partial charge in [-0.05, 0) is 71.1 Å². The molecule has 5 atom stereocenters. The molecule has 0 saturated carbocycles. The van der Waals surface area contributed by atoms with Crippen LogP contribution in [0.3, 0.4) is 0 Å². The van der Waals surface area contributed by atoms with E-state index in [9.17, 15) is 9.90 Å². The zero-order valence-corrected chi connectivity index (χ0v) is 16.3. The normalized spacial score (nSPS) is 37.1. The van der Waals surface area contributed by atoms with Crippen LogP contribution in [0.25, 0.3) is 0 Å². The molecular weight excluding hydrogens is 320 g/mol. The Morgan fingerprint density at radius 2 is 2.04 bits per heavy atom. The third-order valence-electron chi connectivity index (χ3n) is 6.75. The van der Waals surface area contributed by atoms with Crippen molar-refractivity contribution < 1.29 is 24.8 Å². The summed E-state index contributed by atoms with van der Waals surface area (Å²) >= 11 is 0. The van der Waals surface area contributed by atoms with E-state index >= 15 is 0 Å². The summed E-state index contributed by atoms with van der Waals surface area (Å²) in [5, 5.41) is 19.2. The summed E-state index contributed by atoms with van der Waals surface area (Å²) < 4.78 is 6.33. The van der Waals surface area contributed by atoms with Crippen molar-refractivity contribution in [2.45, 2.75) is 96.1 Å². The second-order valence-corrected chi connectivity index (χ2v) is 9.14. The molecule has 5 nitrogen and oxygen atoms in total. The van der Waals surface area contributed by atoms with E-state index in [-0.39, 0.29) is 28.8 Å². The van der Waals surface area contributed by atoms with Crippen molar-refractivity contribution >= 4 is 5.78 Å². The van der Waals surface area contributed by atoms with Gasteiger partial charge < -0.3 is 9.84 Å². The molecule has 2 saturated heterocycles. The van der Waals surface area contributed by atoms with E-state index < -0.39 is 11.2 Å². The smallest absolute Gasteiger partial charge is 0.167 e. The minimum absolute atomic E-state index is 0.110. The predicted molar refractivity (Wildman–Crippen MR) is 96.2 cm³/mol. The topological polar surface area (TPSA) is 76.0 Å². The number of hydrogen-bond donors (Lipinski definition) is 2. The zero-order chi connectivity index (χ0) is 19.1. The van der Waals surface area contributed by atoms with Crippen LogP contribution >= 0.6 is 0 Å². The minimum atomic E-state index is -1.18. The third kappa shape index (κ3) is 3.85. The molecular formula is C20H34O5. The highest BCUT2D eigenvalue weighted by Gasteiger charge is 2.62. The summed E-state index contributed by atoms with van der Waals surface area (Å²) in [6, 6.07) is 0. The van der Waals surface area contributed by atoms with Crippen LogP contribution in [0.4, 0.5) is 0 Å². The average molecular weight is 354 g/mol. The number of carbonyl (C=O) groups is 1. The number of aliphatic hydroxyl groups is 1. The highest BCUT2D eigenvalue weighted by atomic mass is 17.1. The first-order valence-electron chi connectivity index (χ1n) is 9.30. The molecule has 2 fully saturated rings. The maximum absolute atomic E-state index is 12.4. The van der Waals surface area contributed by atoms with Gasteiger partial charge in [0.25, 0.3) is 0 Å². The summed E-state index contributed by atoms with van der Waals surface area (Å²) in [5.41, 5.74) is -2.38. The van der Waals surface area contributed by atoms with Crippen molar-refractivity contribution in [3.63, 3.8) is 0 Å². The quantitative estimate of drug-likeness (QED) is 0.373. The molecule has 0 aromatic rings. The molecule has 2 rings (SSSR count). The van der Waals surface area contributed by atoms with Crippen molar-refractivity contribution in [1.82, 2.24) is 0 Å². The van der Waals surface area contributed by atoms with E-state index in [4.69, 9.17) is 9.99 Å². The van der Waals surface area contributed by atoms with Gasteiger partial charge in [-0.3, -0.25) is 10.1 Å². The molecule has 144 valence electrons. The number of ketones is 1. The van der Waals surface area contributed by atoms with E-state index in [1.54, 1.807) is 26.8 Å². The molecule has 2 bridgehead atoms. The number of ether oxygens (including phenoxy) is 1. The van der Waals surface area contributed by atoms with Crippen LogP contribution in [-0.2, 0) is 14.4 Å². The predicted octanol–water partition coefficient (Wildman–Crippen LogP) is 3.89. The van der Waals surface area contributed by atoms with Crippen LogP contribution in [0.2, 0.25) is 0 Å². The molecule has 0 aromatic carbocycles. The van der Waals surface area contributed by atoms with Crippen molar-refractivity contribution in [2.24, 2.45) is 11.3 Å². The van der Waals surface area contributed by atoms with Gasteiger partial charge in [0.2, 0.25) is 0 Å². The standard InChI is InChI=1S/C20H34O5/c1-7-18(4,22)11-8-14-19(5,16-10-13-20(14,6)24-16)12-9-15(21)17(2,3)25-23/h7,14,16,22-23H,1,8-13H2,2-6H3/t14-,16?,18+,19-,20?/m0/s1. The van der Waals surface area contributed by atoms with Gasteiger partial charge in [0.1, 0.15) is 0 Å². The van der Waals surface area contributed by atoms with E-state index in [2.05, 4.69) is 25.3 Å². The lowest BCUT2D eigenvalue weighted by molar-refractivity contribution is -0.301. The zero-order valence-electron chi connectivity index (χ0n) is 16.3. The maximum atomic E-state index is 12.4. The SMILES string of the molecule is C=C[C@@](C)(O)CC[C@@H]1C2(C)CCC(O2)[C@@]1(C)CCC(=O)C(C)(C)OO. The fourth-order valence-electron chi connectivity index (χ4n) is 4.75. The summed E-state index contributed by atoms with van der Waals surface area (Å²) in [4.78, 5) is 16.7. The first-order valence-corrected chi connectivity index (χ1v) is 9.30. The molecule has 2 N–H and O–H groups in total. The largest absolute Gasteiger partial charge is 0.386 e. The average Bonchev–Trinajstić information content (AvgIpc) is 3.04. The molecule has 2 heterocycles. The second-order valence-electron chi connectivity index (χ2n) is 9.14. The van der Waals surface area contributed by atoms with Crippen LogP contribution < -0.4 is 0 Å². The molecule has 2 aliphatic heterocycles. The summed E-state index contributed by atoms with van der Waals surface area (Å²) in [6.07, 6.45) is 6.25. The number of Topliss-reactive ketones (excluding diaryl/α,β-unsaturated/α-hetero) is 1. The van der Waals surface area contributed by atoms with Crippen molar-refractivity contribution in [3.05, 3.63) is 12.7 Å². The summed E-state index contributed by atoms with van der Waals surface area (Å²) in [7, 11) is 0. The summed E-state index contributed by atoms with van der Waals surface area (Å²) in [6.45, 7) is 13.0. The highest BCUT2D eigenvalue weighted by molar-refractivity contribution is 5.86. The van der Waals surface area contributed by atoms with Gasteiger partial charge in [-0.15, -0.1) is 6.58 Å². The lowest BCUT2D eigenvalue weighted by Crippen LogP contribution is -2.44. The van der Waals surface area contributed by atoms with E-state index in [1.807, 2.05) is 0 Å². The van der Waals surface area contributed by atoms with Gasteiger partial charge in [0.15, 0.2) is 11.4 Å². The molecule has 2 aliphatic rings. The molecule has 2 unspecified atom stereocenters. The van der Waals surface area contributed by atoms with Gasteiger partial charge in [0, 0.05) is 6.42 Å². The second kappa shape index (κ2) is 6.76.